The van der Waals surface area contributed by atoms with Crippen molar-refractivity contribution in [3.63, 3.8) is 0 Å². The third-order valence-corrected chi connectivity index (χ3v) is 14.5. The summed E-state index contributed by atoms with van der Waals surface area (Å²) in [4.78, 5) is 11.7. The number of rotatable bonds is 41. The van der Waals surface area contributed by atoms with Gasteiger partial charge in [0.25, 0.3) is 8.32 Å². The van der Waals surface area contributed by atoms with Gasteiger partial charge in [0.1, 0.15) is 6.61 Å². The molecule has 0 atom stereocenters. The molecule has 0 fully saturated rings. The van der Waals surface area contributed by atoms with Crippen LogP contribution in [0.5, 0.6) is 0 Å². The molecule has 16 heteroatoms. The van der Waals surface area contributed by atoms with Gasteiger partial charge in [-0.15, -0.1) is 0 Å². The molecule has 1 amide bonds. The average molecular weight is 918 g/mol. The van der Waals surface area contributed by atoms with Crippen molar-refractivity contribution in [2.75, 3.05) is 159 Å². The Morgan fingerprint density at radius 1 is 0.406 bits per heavy atom. The second-order valence-electron chi connectivity index (χ2n) is 15.2. The number of hydrogen-bond acceptors (Lipinski definition) is 14. The van der Waals surface area contributed by atoms with Crippen LogP contribution < -0.4 is 15.7 Å². The molecule has 0 saturated heterocycles. The molecule has 0 aromatic heterocycles. The molecule has 0 aliphatic heterocycles. The summed E-state index contributed by atoms with van der Waals surface area (Å²) >= 11 is 0. The highest BCUT2D eigenvalue weighted by atomic mass is 28.4. The van der Waals surface area contributed by atoms with Crippen LogP contribution in [-0.2, 0) is 67.9 Å². The molecule has 360 valence electrons. The molecule has 0 aliphatic carbocycles. The van der Waals surface area contributed by atoms with Crippen molar-refractivity contribution < 1.29 is 66.1 Å². The van der Waals surface area contributed by atoms with E-state index in [9.17, 15) is 4.79 Å². The normalized spacial score (nSPS) is 11.9. The maximum atomic E-state index is 11.7. The molecular formula is C48H75NO14Si. The molecule has 64 heavy (non-hydrogen) atoms. The number of hydrogen-bond donors (Lipinski definition) is 1. The summed E-state index contributed by atoms with van der Waals surface area (Å²) in [6, 6.07) is 30.8. The van der Waals surface area contributed by atoms with Crippen LogP contribution in [0.25, 0.3) is 0 Å². The van der Waals surface area contributed by atoms with Gasteiger partial charge in [-0.2, -0.15) is 0 Å². The molecule has 0 heterocycles. The van der Waals surface area contributed by atoms with Crippen molar-refractivity contribution in [3.8, 4) is 0 Å². The molecule has 3 rings (SSSR count). The Bertz CT molecular complexity index is 1470. The van der Waals surface area contributed by atoms with E-state index in [1.165, 1.54) is 10.4 Å². The minimum atomic E-state index is -2.55. The van der Waals surface area contributed by atoms with Crippen LogP contribution in [0.2, 0.25) is 5.04 Å². The van der Waals surface area contributed by atoms with E-state index in [0.29, 0.717) is 159 Å². The molecule has 1 N–H and O–H groups in total. The topological polar surface area (TPSA) is 149 Å². The lowest BCUT2D eigenvalue weighted by Crippen LogP contribution is -2.66. The summed E-state index contributed by atoms with van der Waals surface area (Å²) < 4.78 is 73.2. The molecule has 15 nitrogen and oxygen atoms in total. The molecule has 3 aromatic carbocycles. The van der Waals surface area contributed by atoms with Gasteiger partial charge in [0.05, 0.1) is 152 Å². The highest BCUT2D eigenvalue weighted by Crippen LogP contribution is 2.36. The Hall–Kier alpha value is -3.33. The van der Waals surface area contributed by atoms with Crippen LogP contribution in [-0.4, -0.2) is 173 Å². The zero-order valence-corrected chi connectivity index (χ0v) is 39.6. The Kier molecular flexibility index (Phi) is 31.7. The molecule has 0 aliphatic rings. The standard InChI is InChI=1S/C48H75NO14Si/c1-48(2,3)64(45-15-9-5-10-16-45,46-17-11-6-12-18-46)63-42-41-61-40-39-60-38-37-59-36-35-58-34-33-57-32-31-56-30-29-55-28-27-54-26-25-53-24-23-52-22-21-51-20-19-49-47(50)62-43-44-13-7-4-8-14-44/h4-18H,19-43H2,1-3H3,(H,49,50). The average Bonchev–Trinajstić information content (AvgIpc) is 3.31. The molecule has 0 bridgehead atoms. The zero-order valence-electron chi connectivity index (χ0n) is 38.6. The van der Waals surface area contributed by atoms with Crippen LogP contribution in [0.15, 0.2) is 91.0 Å². The minimum Gasteiger partial charge on any atom is -0.445 e. The Morgan fingerprint density at radius 2 is 0.688 bits per heavy atom. The monoisotopic (exact) mass is 917 g/mol. The van der Waals surface area contributed by atoms with Crippen LogP contribution >= 0.6 is 0 Å². The van der Waals surface area contributed by atoms with Gasteiger partial charge in [-0.25, -0.2) is 4.79 Å². The Morgan fingerprint density at radius 3 is 1.00 bits per heavy atom. The first-order chi connectivity index (χ1) is 31.4. The summed E-state index contributed by atoms with van der Waals surface area (Å²) in [6.07, 6.45) is -0.471. The van der Waals surface area contributed by atoms with Crippen molar-refractivity contribution in [2.45, 2.75) is 32.4 Å². The first-order valence-corrected chi connectivity index (χ1v) is 24.4. The molecule has 3 aromatic rings. The predicted molar refractivity (Wildman–Crippen MR) is 247 cm³/mol. The van der Waals surface area contributed by atoms with Gasteiger partial charge in [0.15, 0.2) is 0 Å². The predicted octanol–water partition coefficient (Wildman–Crippen LogP) is 4.67. The van der Waals surface area contributed by atoms with E-state index in [2.05, 4.69) is 86.8 Å². The van der Waals surface area contributed by atoms with E-state index >= 15 is 0 Å². The van der Waals surface area contributed by atoms with Crippen molar-refractivity contribution >= 4 is 24.8 Å². The van der Waals surface area contributed by atoms with Crippen molar-refractivity contribution in [2.24, 2.45) is 0 Å². The second-order valence-corrected chi connectivity index (χ2v) is 19.5. The van der Waals surface area contributed by atoms with E-state index in [1.54, 1.807) is 0 Å². The summed E-state index contributed by atoms with van der Waals surface area (Å²) in [5, 5.41) is 5.11. The lowest BCUT2D eigenvalue weighted by Gasteiger charge is -2.43. The van der Waals surface area contributed by atoms with E-state index in [0.717, 1.165) is 5.56 Å². The number of carbonyl (C=O) groups is 1. The minimum absolute atomic E-state index is 0.0635. The zero-order chi connectivity index (χ0) is 45.5. The Labute approximate surface area is 382 Å². The third kappa shape index (κ3) is 25.4. The number of benzene rings is 3. The summed E-state index contributed by atoms with van der Waals surface area (Å²) in [7, 11) is -2.55. The van der Waals surface area contributed by atoms with E-state index in [4.69, 9.17) is 61.3 Å². The van der Waals surface area contributed by atoms with Gasteiger partial charge in [0.2, 0.25) is 0 Å². The van der Waals surface area contributed by atoms with Crippen LogP contribution in [0.1, 0.15) is 26.3 Å². The number of nitrogens with one attached hydrogen (secondary N) is 1. The van der Waals surface area contributed by atoms with Gasteiger partial charge in [-0.1, -0.05) is 112 Å². The number of ether oxygens (including phenoxy) is 12. The van der Waals surface area contributed by atoms with Crippen LogP contribution in [0.4, 0.5) is 4.79 Å². The van der Waals surface area contributed by atoms with Gasteiger partial charge in [0, 0.05) is 6.54 Å². The Balaban J connectivity index is 0.963. The van der Waals surface area contributed by atoms with Gasteiger partial charge in [-0.05, 0) is 21.0 Å². The summed E-state index contributed by atoms with van der Waals surface area (Å²) in [5.74, 6) is 0. The molecule has 0 unspecified atom stereocenters. The van der Waals surface area contributed by atoms with Crippen molar-refractivity contribution in [3.05, 3.63) is 96.6 Å². The first-order valence-electron chi connectivity index (χ1n) is 22.5. The maximum absolute atomic E-state index is 11.7. The second kappa shape index (κ2) is 36.8. The fraction of sp³-hybridized carbons (Fsp3) is 0.604. The molecule has 0 spiro atoms. The molecular weight excluding hydrogens is 843 g/mol. The van der Waals surface area contributed by atoms with Crippen molar-refractivity contribution in [1.82, 2.24) is 5.32 Å². The van der Waals surface area contributed by atoms with E-state index in [-0.39, 0.29) is 11.6 Å². The number of amides is 1. The third-order valence-electron chi connectivity index (χ3n) is 9.41. The van der Waals surface area contributed by atoms with E-state index in [1.807, 2.05) is 30.3 Å². The lowest BCUT2D eigenvalue weighted by molar-refractivity contribution is -0.0277. The quantitative estimate of drug-likeness (QED) is 0.0621. The van der Waals surface area contributed by atoms with Crippen LogP contribution in [0, 0.1) is 0 Å². The molecule has 0 saturated carbocycles. The smallest absolute Gasteiger partial charge is 0.407 e. The highest BCUT2D eigenvalue weighted by Gasteiger charge is 2.50. The largest absolute Gasteiger partial charge is 0.445 e. The number of alkyl carbamates (subject to hydrolysis) is 1. The van der Waals surface area contributed by atoms with Crippen LogP contribution in [0.3, 0.4) is 0 Å². The van der Waals surface area contributed by atoms with E-state index < -0.39 is 14.4 Å². The first kappa shape index (κ1) is 55.0. The van der Waals surface area contributed by atoms with Gasteiger partial charge in [-0.3, -0.25) is 0 Å². The maximum Gasteiger partial charge on any atom is 0.407 e. The molecule has 0 radical (unpaired) electrons. The summed E-state index contributed by atoms with van der Waals surface area (Å²) in [5.41, 5.74) is 0.936. The van der Waals surface area contributed by atoms with Gasteiger partial charge < -0.3 is 66.6 Å². The fourth-order valence-electron chi connectivity index (χ4n) is 6.32. The van der Waals surface area contributed by atoms with Gasteiger partial charge >= 0.3 is 6.09 Å². The highest BCUT2D eigenvalue weighted by molar-refractivity contribution is 6.99. The fourth-order valence-corrected chi connectivity index (χ4v) is 10.9. The number of carbonyl (C=O) groups excluding carboxylic acids is 1. The van der Waals surface area contributed by atoms with Crippen molar-refractivity contribution in [1.29, 1.82) is 0 Å². The summed E-state index contributed by atoms with van der Waals surface area (Å²) in [6.45, 7) is 18.5. The SMILES string of the molecule is CC(C)(C)[Si](OCCOCCOCCOCCOCCOCCOCCOCCOCCOCCOCCOCCNC(=O)OCc1ccccc1)(c1ccccc1)c1ccccc1. The lowest BCUT2D eigenvalue weighted by atomic mass is 10.2.